The van der Waals surface area contributed by atoms with Gasteiger partial charge in [-0.2, -0.15) is 0 Å². The summed E-state index contributed by atoms with van der Waals surface area (Å²) in [4.78, 5) is 44.7. The number of esters is 1. The SMILES string of the molecule is C[C@H](CO)N1C(=O)[C@@H]2[C@H]3C(=O)OCCC=C[C@H]3S[C@@]23C=CCN(c2ccc4ccccc4c2)C(=O)C13. The highest BCUT2D eigenvalue weighted by Gasteiger charge is 2.71. The molecule has 0 aliphatic carbocycles. The fourth-order valence-electron chi connectivity index (χ4n) is 6.19. The molecule has 2 aromatic carbocycles. The summed E-state index contributed by atoms with van der Waals surface area (Å²) in [6, 6.07) is 12.5. The predicted molar refractivity (Wildman–Crippen MR) is 138 cm³/mol. The number of aliphatic hydroxyl groups is 1. The maximum atomic E-state index is 14.4. The van der Waals surface area contributed by atoms with E-state index < -0.39 is 28.7 Å². The number of cyclic esters (lactones) is 1. The molecule has 2 amide bonds. The average Bonchev–Trinajstić information content (AvgIpc) is 3.27. The number of carbonyl (C=O) groups is 3. The van der Waals surface area contributed by atoms with E-state index in [2.05, 4.69) is 0 Å². The van der Waals surface area contributed by atoms with Gasteiger partial charge in [-0.15, -0.1) is 11.8 Å². The van der Waals surface area contributed by atoms with Crippen molar-refractivity contribution >= 4 is 46.0 Å². The van der Waals surface area contributed by atoms with E-state index in [0.29, 0.717) is 13.0 Å². The Morgan fingerprint density at radius 3 is 2.72 bits per heavy atom. The third-order valence-electron chi connectivity index (χ3n) is 7.84. The molecule has 4 aliphatic heterocycles. The van der Waals surface area contributed by atoms with Gasteiger partial charge in [0.15, 0.2) is 0 Å². The van der Waals surface area contributed by atoms with Gasteiger partial charge in [0.1, 0.15) is 6.04 Å². The Labute approximate surface area is 213 Å². The van der Waals surface area contributed by atoms with Crippen molar-refractivity contribution in [1.82, 2.24) is 4.90 Å². The monoisotopic (exact) mass is 504 g/mol. The zero-order chi connectivity index (χ0) is 25.0. The summed E-state index contributed by atoms with van der Waals surface area (Å²) < 4.78 is 4.57. The third-order valence-corrected chi connectivity index (χ3v) is 9.59. The standard InChI is InChI=1S/C28H28N2O5S/c1-17(16-31)30-24-26(33)29(20-11-10-18-7-2-3-8-19(18)15-20)13-6-12-28(24)23(25(30)32)22-21(36-28)9-4-5-14-35-27(22)34/h2-4,6-12,15,17,21-24,31H,5,13-14,16H2,1H3/t17-,21-,22+,23+,24?,28+/m1/s1. The largest absolute Gasteiger partial charge is 0.465 e. The van der Waals surface area contributed by atoms with Crippen LogP contribution in [0.5, 0.6) is 0 Å². The molecule has 1 spiro atoms. The average molecular weight is 505 g/mol. The third kappa shape index (κ3) is 3.34. The molecule has 1 N–H and O–H groups in total. The first-order chi connectivity index (χ1) is 17.5. The molecule has 2 fully saturated rings. The summed E-state index contributed by atoms with van der Waals surface area (Å²) in [5.74, 6) is -2.28. The maximum Gasteiger partial charge on any atom is 0.311 e. The first-order valence-corrected chi connectivity index (χ1v) is 13.3. The van der Waals surface area contributed by atoms with Crippen LogP contribution in [0.1, 0.15) is 13.3 Å². The number of likely N-dealkylation sites (tertiary alicyclic amines) is 1. The fourth-order valence-corrected chi connectivity index (χ4v) is 8.17. The lowest BCUT2D eigenvalue weighted by atomic mass is 9.78. The smallest absolute Gasteiger partial charge is 0.311 e. The highest BCUT2D eigenvalue weighted by molar-refractivity contribution is 8.02. The van der Waals surface area contributed by atoms with Crippen LogP contribution in [0.4, 0.5) is 5.69 Å². The van der Waals surface area contributed by atoms with Gasteiger partial charge in [0.05, 0.1) is 35.8 Å². The van der Waals surface area contributed by atoms with E-state index in [0.717, 1.165) is 16.5 Å². The predicted octanol–water partition coefficient (Wildman–Crippen LogP) is 2.92. The summed E-state index contributed by atoms with van der Waals surface area (Å²) in [6.45, 7) is 2.10. The molecule has 186 valence electrons. The molecule has 4 aliphatic rings. The number of ether oxygens (including phenoxy) is 1. The van der Waals surface area contributed by atoms with Crippen molar-refractivity contribution < 1.29 is 24.2 Å². The second-order valence-electron chi connectivity index (χ2n) is 9.89. The first kappa shape index (κ1) is 23.3. The van der Waals surface area contributed by atoms with Crippen molar-refractivity contribution in [1.29, 1.82) is 0 Å². The number of hydrogen-bond donors (Lipinski definition) is 1. The number of thioether (sulfide) groups is 1. The van der Waals surface area contributed by atoms with E-state index in [1.807, 2.05) is 66.8 Å². The highest BCUT2D eigenvalue weighted by Crippen LogP contribution is 2.61. The van der Waals surface area contributed by atoms with Crippen LogP contribution in [-0.4, -0.2) is 69.6 Å². The molecular weight excluding hydrogens is 476 g/mol. The maximum absolute atomic E-state index is 14.4. The van der Waals surface area contributed by atoms with E-state index in [4.69, 9.17) is 4.74 Å². The summed E-state index contributed by atoms with van der Waals surface area (Å²) in [5.41, 5.74) is 0.751. The lowest BCUT2D eigenvalue weighted by Gasteiger charge is -2.37. The van der Waals surface area contributed by atoms with Crippen LogP contribution < -0.4 is 4.90 Å². The van der Waals surface area contributed by atoms with Gasteiger partial charge in [0, 0.05) is 17.5 Å². The summed E-state index contributed by atoms with van der Waals surface area (Å²) in [5, 5.41) is 11.9. The minimum Gasteiger partial charge on any atom is -0.465 e. The number of amides is 2. The van der Waals surface area contributed by atoms with E-state index >= 15 is 0 Å². The molecule has 2 saturated heterocycles. The van der Waals surface area contributed by atoms with E-state index in [9.17, 15) is 19.5 Å². The van der Waals surface area contributed by atoms with Crippen molar-refractivity contribution in [2.45, 2.75) is 35.4 Å². The van der Waals surface area contributed by atoms with Gasteiger partial charge in [-0.25, -0.2) is 0 Å². The molecule has 6 rings (SSSR count). The molecular formula is C28H28N2O5S. The minimum absolute atomic E-state index is 0.203. The Kier molecular flexibility index (Phi) is 5.68. The van der Waals surface area contributed by atoms with E-state index in [-0.39, 0.29) is 36.2 Å². The van der Waals surface area contributed by atoms with Crippen LogP contribution >= 0.6 is 11.8 Å². The van der Waals surface area contributed by atoms with Gasteiger partial charge < -0.3 is 19.6 Å². The lowest BCUT2D eigenvalue weighted by Crippen LogP contribution is -2.56. The van der Waals surface area contributed by atoms with Crippen molar-refractivity contribution in [2.24, 2.45) is 11.8 Å². The molecule has 4 heterocycles. The number of hydrogen-bond acceptors (Lipinski definition) is 6. The van der Waals surface area contributed by atoms with Crippen LogP contribution in [-0.2, 0) is 19.1 Å². The summed E-state index contributed by atoms with van der Waals surface area (Å²) in [7, 11) is 0. The zero-order valence-corrected chi connectivity index (χ0v) is 20.8. The molecule has 7 nitrogen and oxygen atoms in total. The topological polar surface area (TPSA) is 87.2 Å². The number of carbonyl (C=O) groups excluding carboxylic acids is 3. The Morgan fingerprint density at radius 2 is 1.92 bits per heavy atom. The second kappa shape index (κ2) is 8.78. The fraction of sp³-hybridized carbons (Fsp3) is 0.393. The lowest BCUT2D eigenvalue weighted by molar-refractivity contribution is -0.153. The molecule has 0 aromatic heterocycles. The number of aliphatic hydroxyl groups excluding tert-OH is 1. The van der Waals surface area contributed by atoms with Crippen LogP contribution in [0.2, 0.25) is 0 Å². The van der Waals surface area contributed by atoms with Gasteiger partial charge >= 0.3 is 5.97 Å². The summed E-state index contributed by atoms with van der Waals surface area (Å²) >= 11 is 1.51. The van der Waals surface area contributed by atoms with E-state index in [1.54, 1.807) is 11.8 Å². The van der Waals surface area contributed by atoms with Gasteiger partial charge in [-0.1, -0.05) is 54.6 Å². The Bertz CT molecular complexity index is 1310. The van der Waals surface area contributed by atoms with Gasteiger partial charge in [-0.3, -0.25) is 14.4 Å². The van der Waals surface area contributed by atoms with Crippen molar-refractivity contribution in [3.8, 4) is 0 Å². The molecule has 8 heteroatoms. The number of benzene rings is 2. The quantitative estimate of drug-likeness (QED) is 0.511. The number of anilines is 1. The Hall–Kier alpha value is -3.10. The van der Waals surface area contributed by atoms with Gasteiger partial charge in [0.2, 0.25) is 5.91 Å². The van der Waals surface area contributed by atoms with Crippen LogP contribution in [0.25, 0.3) is 10.8 Å². The first-order valence-electron chi connectivity index (χ1n) is 12.4. The van der Waals surface area contributed by atoms with Crippen LogP contribution in [0.3, 0.4) is 0 Å². The molecule has 0 saturated carbocycles. The molecule has 1 unspecified atom stereocenters. The Balaban J connectivity index is 1.47. The zero-order valence-electron chi connectivity index (χ0n) is 19.9. The van der Waals surface area contributed by atoms with Gasteiger partial charge in [0.25, 0.3) is 5.91 Å². The Morgan fingerprint density at radius 1 is 1.11 bits per heavy atom. The van der Waals surface area contributed by atoms with Crippen molar-refractivity contribution in [3.63, 3.8) is 0 Å². The number of rotatable bonds is 3. The number of nitrogens with zero attached hydrogens (tertiary/aromatic N) is 2. The van der Waals surface area contributed by atoms with E-state index in [1.165, 1.54) is 16.7 Å². The second-order valence-corrected chi connectivity index (χ2v) is 11.4. The number of fused-ring (bicyclic) bond motifs is 3. The summed E-state index contributed by atoms with van der Waals surface area (Å²) in [6.07, 6.45) is 8.54. The minimum atomic E-state index is -0.924. The highest BCUT2D eigenvalue weighted by atomic mass is 32.2. The molecule has 6 atom stereocenters. The molecule has 0 bridgehead atoms. The molecule has 0 radical (unpaired) electrons. The molecule has 36 heavy (non-hydrogen) atoms. The van der Waals surface area contributed by atoms with Crippen LogP contribution in [0.15, 0.2) is 66.8 Å². The van der Waals surface area contributed by atoms with Crippen molar-refractivity contribution in [2.75, 3.05) is 24.7 Å². The van der Waals surface area contributed by atoms with Crippen LogP contribution in [0, 0.1) is 11.8 Å². The van der Waals surface area contributed by atoms with Crippen molar-refractivity contribution in [3.05, 3.63) is 66.8 Å². The van der Waals surface area contributed by atoms with Gasteiger partial charge in [-0.05, 0) is 36.2 Å². The molecule has 2 aromatic rings. The normalized spacial score (nSPS) is 32.4.